The second kappa shape index (κ2) is 10.1. The molecule has 30 heavy (non-hydrogen) atoms. The Morgan fingerprint density at radius 2 is 1.70 bits per heavy atom. The molecule has 7 nitrogen and oxygen atoms in total. The van der Waals surface area contributed by atoms with Crippen molar-refractivity contribution < 1.29 is 18.0 Å². The minimum absolute atomic E-state index is 0.0343. The molecule has 1 N–H and O–H groups in total. The molecule has 2 aromatic rings. The van der Waals surface area contributed by atoms with Crippen molar-refractivity contribution in [2.45, 2.75) is 31.3 Å². The van der Waals surface area contributed by atoms with Crippen molar-refractivity contribution in [1.29, 1.82) is 0 Å². The number of benzene rings is 2. The summed E-state index contributed by atoms with van der Waals surface area (Å²) in [6.45, 7) is 3.31. The first-order valence-electron chi connectivity index (χ1n) is 9.35. The highest BCUT2D eigenvalue weighted by Gasteiger charge is 2.30. The van der Waals surface area contributed by atoms with Gasteiger partial charge in [-0.05, 0) is 49.2 Å². The molecule has 0 heterocycles. The van der Waals surface area contributed by atoms with E-state index in [0.717, 1.165) is 15.4 Å². The number of sulfonamides is 1. The maximum Gasteiger partial charge on any atom is 0.243 e. The smallest absolute Gasteiger partial charge is 0.243 e. The van der Waals surface area contributed by atoms with Crippen LogP contribution in [0.2, 0.25) is 5.02 Å². The van der Waals surface area contributed by atoms with Crippen LogP contribution in [0.5, 0.6) is 0 Å². The Hall–Kier alpha value is -2.42. The van der Waals surface area contributed by atoms with Gasteiger partial charge < -0.3 is 10.2 Å². The van der Waals surface area contributed by atoms with Crippen molar-refractivity contribution >= 4 is 33.4 Å². The molecule has 1 atom stereocenters. The molecule has 0 radical (unpaired) electrons. The molecule has 0 saturated heterocycles. The highest BCUT2D eigenvalue weighted by atomic mass is 35.5. The number of hydrogen-bond acceptors (Lipinski definition) is 4. The number of likely N-dealkylation sites (N-methyl/N-ethyl adjacent to an activating group) is 2. The van der Waals surface area contributed by atoms with Gasteiger partial charge in [0.25, 0.3) is 0 Å². The number of amides is 2. The molecule has 0 aliphatic rings. The molecule has 2 amide bonds. The molecule has 2 rings (SSSR count). The molecular weight excluding hydrogens is 426 g/mol. The minimum atomic E-state index is -3.89. The summed E-state index contributed by atoms with van der Waals surface area (Å²) in [7, 11) is -1.07. The van der Waals surface area contributed by atoms with Crippen LogP contribution in [0.4, 0.5) is 0 Å². The van der Waals surface area contributed by atoms with E-state index in [1.165, 1.54) is 43.3 Å². The van der Waals surface area contributed by atoms with Crippen LogP contribution in [-0.4, -0.2) is 56.1 Å². The molecule has 0 aliphatic heterocycles. The molecule has 9 heteroatoms. The monoisotopic (exact) mass is 451 g/mol. The first kappa shape index (κ1) is 23.9. The van der Waals surface area contributed by atoms with Crippen molar-refractivity contribution in [1.82, 2.24) is 14.5 Å². The Balaban J connectivity index is 2.27. The van der Waals surface area contributed by atoms with E-state index < -0.39 is 28.5 Å². The molecule has 162 valence electrons. The summed E-state index contributed by atoms with van der Waals surface area (Å²) >= 11 is 5.83. The van der Waals surface area contributed by atoms with Crippen LogP contribution in [0.1, 0.15) is 18.1 Å². The van der Waals surface area contributed by atoms with Gasteiger partial charge in [0.05, 0.1) is 11.4 Å². The zero-order valence-electron chi connectivity index (χ0n) is 17.4. The highest BCUT2D eigenvalue weighted by molar-refractivity contribution is 7.89. The Morgan fingerprint density at radius 1 is 1.10 bits per heavy atom. The van der Waals surface area contributed by atoms with E-state index in [-0.39, 0.29) is 17.3 Å². The number of aryl methyl sites for hydroxylation is 1. The van der Waals surface area contributed by atoms with Gasteiger partial charge in [-0.15, -0.1) is 0 Å². The molecule has 0 unspecified atom stereocenters. The van der Waals surface area contributed by atoms with Gasteiger partial charge in [0.15, 0.2) is 0 Å². The fourth-order valence-electron chi connectivity index (χ4n) is 2.92. The van der Waals surface area contributed by atoms with Crippen LogP contribution in [-0.2, 0) is 26.2 Å². The zero-order chi connectivity index (χ0) is 22.5. The Kier molecular flexibility index (Phi) is 8.00. The predicted octanol–water partition coefficient (Wildman–Crippen LogP) is 2.43. The number of nitrogens with zero attached hydrogens (tertiary/aromatic N) is 2. The molecule has 0 aliphatic carbocycles. The summed E-state index contributed by atoms with van der Waals surface area (Å²) in [5, 5.41) is 2.95. The standard InChI is InChI=1S/C21H26ClN3O4S/c1-15-7-5-6-8-17(15)13-25(16(2)21(27)23-3)20(26)14-24(4)30(28,29)19-11-9-18(22)10-12-19/h5-12,16H,13-14H2,1-4H3,(H,23,27)/t16-/m1/s1. The second-order valence-electron chi connectivity index (χ2n) is 6.95. The fraction of sp³-hybridized carbons (Fsp3) is 0.333. The van der Waals surface area contributed by atoms with Crippen LogP contribution >= 0.6 is 11.6 Å². The van der Waals surface area contributed by atoms with Crippen LogP contribution < -0.4 is 5.32 Å². The molecule has 0 saturated carbocycles. The Labute approximate surface area is 182 Å². The lowest BCUT2D eigenvalue weighted by Crippen LogP contribution is -2.50. The number of carbonyl (C=O) groups is 2. The van der Waals surface area contributed by atoms with E-state index in [9.17, 15) is 18.0 Å². The molecule has 2 aromatic carbocycles. The topological polar surface area (TPSA) is 86.8 Å². The van der Waals surface area contributed by atoms with Crippen molar-refractivity contribution in [3.63, 3.8) is 0 Å². The van der Waals surface area contributed by atoms with E-state index >= 15 is 0 Å². The molecule has 0 fully saturated rings. The van der Waals surface area contributed by atoms with E-state index in [1.807, 2.05) is 31.2 Å². The summed E-state index contributed by atoms with van der Waals surface area (Å²) in [5.74, 6) is -0.811. The van der Waals surface area contributed by atoms with E-state index in [1.54, 1.807) is 6.92 Å². The number of rotatable bonds is 8. The van der Waals surface area contributed by atoms with Crippen molar-refractivity contribution in [2.75, 3.05) is 20.6 Å². The summed E-state index contributed by atoms with van der Waals surface area (Å²) in [5.41, 5.74) is 1.85. The molecule has 0 bridgehead atoms. The fourth-order valence-corrected chi connectivity index (χ4v) is 4.16. The van der Waals surface area contributed by atoms with Gasteiger partial charge in [0.2, 0.25) is 21.8 Å². The molecule has 0 spiro atoms. The van der Waals surface area contributed by atoms with E-state index in [4.69, 9.17) is 11.6 Å². The van der Waals surface area contributed by atoms with Crippen molar-refractivity contribution in [3.8, 4) is 0 Å². The lowest BCUT2D eigenvalue weighted by atomic mass is 10.1. The van der Waals surface area contributed by atoms with Gasteiger partial charge >= 0.3 is 0 Å². The zero-order valence-corrected chi connectivity index (χ0v) is 19.0. The summed E-state index contributed by atoms with van der Waals surface area (Å²) in [6.07, 6.45) is 0. The number of hydrogen-bond donors (Lipinski definition) is 1. The van der Waals surface area contributed by atoms with Gasteiger partial charge in [-0.1, -0.05) is 35.9 Å². The quantitative estimate of drug-likeness (QED) is 0.667. The maximum atomic E-state index is 13.1. The van der Waals surface area contributed by atoms with Gasteiger partial charge in [-0.25, -0.2) is 8.42 Å². The third-order valence-electron chi connectivity index (χ3n) is 4.90. The normalized spacial score (nSPS) is 12.5. The number of carbonyl (C=O) groups excluding carboxylic acids is 2. The number of halogens is 1. The van der Waals surface area contributed by atoms with E-state index in [2.05, 4.69) is 5.32 Å². The van der Waals surface area contributed by atoms with Crippen molar-refractivity contribution in [2.24, 2.45) is 0 Å². The summed E-state index contributed by atoms with van der Waals surface area (Å²) in [6, 6.07) is 12.5. The average Bonchev–Trinajstić information content (AvgIpc) is 2.72. The van der Waals surface area contributed by atoms with Crippen LogP contribution in [0.25, 0.3) is 0 Å². The predicted molar refractivity (Wildman–Crippen MR) is 117 cm³/mol. The SMILES string of the molecule is CNC(=O)[C@@H](C)N(Cc1ccccc1C)C(=O)CN(C)S(=O)(=O)c1ccc(Cl)cc1. The first-order valence-corrected chi connectivity index (χ1v) is 11.2. The van der Waals surface area contributed by atoms with Crippen LogP contribution in [0.15, 0.2) is 53.4 Å². The lowest BCUT2D eigenvalue weighted by Gasteiger charge is -2.30. The Bertz CT molecular complexity index is 1010. The maximum absolute atomic E-state index is 13.1. The molecule has 0 aromatic heterocycles. The number of nitrogens with one attached hydrogen (secondary N) is 1. The van der Waals surface area contributed by atoms with Gasteiger partial charge in [0.1, 0.15) is 6.04 Å². The lowest BCUT2D eigenvalue weighted by molar-refractivity contribution is -0.140. The van der Waals surface area contributed by atoms with Crippen LogP contribution in [0, 0.1) is 6.92 Å². The summed E-state index contributed by atoms with van der Waals surface area (Å²) in [4.78, 5) is 26.7. The van der Waals surface area contributed by atoms with Gasteiger partial charge in [0, 0.05) is 25.7 Å². The van der Waals surface area contributed by atoms with Crippen molar-refractivity contribution in [3.05, 3.63) is 64.7 Å². The Morgan fingerprint density at radius 3 is 2.27 bits per heavy atom. The largest absolute Gasteiger partial charge is 0.357 e. The first-order chi connectivity index (χ1) is 14.1. The minimum Gasteiger partial charge on any atom is -0.357 e. The average molecular weight is 452 g/mol. The summed E-state index contributed by atoms with van der Waals surface area (Å²) < 4.78 is 26.6. The van der Waals surface area contributed by atoms with Crippen LogP contribution in [0.3, 0.4) is 0 Å². The van der Waals surface area contributed by atoms with Gasteiger partial charge in [-0.2, -0.15) is 4.31 Å². The van der Waals surface area contributed by atoms with Gasteiger partial charge in [-0.3, -0.25) is 9.59 Å². The van der Waals surface area contributed by atoms with E-state index in [0.29, 0.717) is 5.02 Å². The highest BCUT2D eigenvalue weighted by Crippen LogP contribution is 2.19. The second-order valence-corrected chi connectivity index (χ2v) is 9.43. The third-order valence-corrected chi connectivity index (χ3v) is 6.96. The molecular formula is C21H26ClN3O4S. The third kappa shape index (κ3) is 5.59.